The number of nitrogens with zero attached hydrogens (tertiary/aromatic N) is 3. The number of hydrogen-bond donors (Lipinski definition) is 0. The highest BCUT2D eigenvalue weighted by Gasteiger charge is 2.23. The van der Waals surface area contributed by atoms with Crippen molar-refractivity contribution in [1.29, 1.82) is 0 Å². The van der Waals surface area contributed by atoms with Crippen LogP contribution in [0.15, 0.2) is 24.3 Å². The Balaban J connectivity index is 1.51. The minimum atomic E-state index is 0.107. The van der Waals surface area contributed by atoms with Crippen LogP contribution in [0, 0.1) is 6.92 Å². The van der Waals surface area contributed by atoms with Crippen molar-refractivity contribution in [2.45, 2.75) is 45.4 Å². The molecule has 1 aromatic carbocycles. The highest BCUT2D eigenvalue weighted by molar-refractivity contribution is 5.94. The summed E-state index contributed by atoms with van der Waals surface area (Å²) in [5.74, 6) is 0.367. The number of hydrogen-bond acceptors (Lipinski definition) is 3. The van der Waals surface area contributed by atoms with Gasteiger partial charge in [0, 0.05) is 44.8 Å². The van der Waals surface area contributed by atoms with E-state index in [0.717, 1.165) is 63.1 Å². The Bertz CT molecular complexity index is 638. The molecule has 148 valence electrons. The van der Waals surface area contributed by atoms with Crippen molar-refractivity contribution in [2.75, 3.05) is 45.8 Å². The third-order valence-electron chi connectivity index (χ3n) is 5.71. The molecule has 0 radical (unpaired) electrons. The summed E-state index contributed by atoms with van der Waals surface area (Å²) in [7, 11) is 0. The number of likely N-dealkylation sites (tertiary alicyclic amines) is 1. The molecule has 0 aromatic heterocycles. The van der Waals surface area contributed by atoms with Crippen LogP contribution in [0.2, 0.25) is 0 Å². The van der Waals surface area contributed by atoms with E-state index in [9.17, 15) is 9.59 Å². The molecule has 2 aliphatic heterocycles. The first-order valence-electron chi connectivity index (χ1n) is 10.5. The number of carbonyl (C=O) groups excluding carboxylic acids is 2. The first-order valence-corrected chi connectivity index (χ1v) is 10.5. The van der Waals surface area contributed by atoms with E-state index in [4.69, 9.17) is 0 Å². The van der Waals surface area contributed by atoms with Crippen LogP contribution in [0.1, 0.15) is 54.4 Å². The Morgan fingerprint density at radius 2 is 1.52 bits per heavy atom. The van der Waals surface area contributed by atoms with Crippen LogP contribution < -0.4 is 0 Å². The van der Waals surface area contributed by atoms with Gasteiger partial charge in [-0.25, -0.2) is 0 Å². The Kier molecular flexibility index (Phi) is 7.27. The molecule has 2 aliphatic rings. The summed E-state index contributed by atoms with van der Waals surface area (Å²) in [4.78, 5) is 31.7. The van der Waals surface area contributed by atoms with E-state index in [0.29, 0.717) is 13.1 Å². The maximum atomic E-state index is 12.8. The van der Waals surface area contributed by atoms with Gasteiger partial charge in [0.25, 0.3) is 5.91 Å². The number of amides is 2. The van der Waals surface area contributed by atoms with E-state index >= 15 is 0 Å². The number of benzene rings is 1. The minimum absolute atomic E-state index is 0.107. The van der Waals surface area contributed by atoms with E-state index in [1.54, 1.807) is 0 Å². The quantitative estimate of drug-likeness (QED) is 0.821. The molecule has 2 heterocycles. The van der Waals surface area contributed by atoms with Crippen LogP contribution in [-0.2, 0) is 4.79 Å². The average molecular weight is 372 g/mol. The Morgan fingerprint density at radius 1 is 0.815 bits per heavy atom. The Morgan fingerprint density at radius 3 is 2.26 bits per heavy atom. The fourth-order valence-corrected chi connectivity index (χ4v) is 4.08. The summed E-state index contributed by atoms with van der Waals surface area (Å²) in [6.45, 7) is 7.44. The normalized spacial score (nSPS) is 19.9. The second kappa shape index (κ2) is 9.88. The molecule has 2 fully saturated rings. The standard InChI is InChI=1S/C22H33N3O2/c1-19-9-7-10-20(17-19)22(27)25-14-8-11-23(15-16-25)18-21(26)24-12-5-3-2-4-6-13-24/h7,9-10,17H,2-6,8,11-16,18H2,1H3. The topological polar surface area (TPSA) is 43.9 Å². The van der Waals surface area contributed by atoms with Crippen LogP contribution in [0.5, 0.6) is 0 Å². The molecule has 2 saturated heterocycles. The zero-order valence-electron chi connectivity index (χ0n) is 16.7. The fourth-order valence-electron chi connectivity index (χ4n) is 4.08. The molecule has 5 heteroatoms. The van der Waals surface area contributed by atoms with Crippen molar-refractivity contribution in [3.05, 3.63) is 35.4 Å². The van der Waals surface area contributed by atoms with E-state index in [1.807, 2.05) is 36.1 Å². The Labute approximate surface area is 163 Å². The maximum absolute atomic E-state index is 12.8. The molecule has 1 aromatic rings. The van der Waals surface area contributed by atoms with E-state index in [2.05, 4.69) is 9.80 Å². The number of aryl methyl sites for hydroxylation is 1. The van der Waals surface area contributed by atoms with Crippen molar-refractivity contribution >= 4 is 11.8 Å². The fraction of sp³-hybridized carbons (Fsp3) is 0.636. The van der Waals surface area contributed by atoms with Gasteiger partial charge < -0.3 is 9.80 Å². The first kappa shape index (κ1) is 19.9. The van der Waals surface area contributed by atoms with Gasteiger partial charge in [0.1, 0.15) is 0 Å². The van der Waals surface area contributed by atoms with Crippen molar-refractivity contribution in [1.82, 2.24) is 14.7 Å². The largest absolute Gasteiger partial charge is 0.342 e. The molecule has 0 unspecified atom stereocenters. The van der Waals surface area contributed by atoms with Gasteiger partial charge in [0.2, 0.25) is 5.91 Å². The van der Waals surface area contributed by atoms with Crippen molar-refractivity contribution in [3.63, 3.8) is 0 Å². The van der Waals surface area contributed by atoms with E-state index in [-0.39, 0.29) is 11.8 Å². The predicted molar refractivity (Wildman–Crippen MR) is 108 cm³/mol. The third kappa shape index (κ3) is 5.80. The van der Waals surface area contributed by atoms with Crippen molar-refractivity contribution in [3.8, 4) is 0 Å². The summed E-state index contributed by atoms with van der Waals surface area (Å²) in [6, 6.07) is 7.80. The van der Waals surface area contributed by atoms with Crippen molar-refractivity contribution < 1.29 is 9.59 Å². The maximum Gasteiger partial charge on any atom is 0.253 e. The molecule has 0 saturated carbocycles. The summed E-state index contributed by atoms with van der Waals surface area (Å²) in [5, 5.41) is 0. The van der Waals surface area contributed by atoms with Gasteiger partial charge >= 0.3 is 0 Å². The monoisotopic (exact) mass is 371 g/mol. The lowest BCUT2D eigenvalue weighted by molar-refractivity contribution is -0.132. The van der Waals surface area contributed by atoms with Gasteiger partial charge in [-0.05, 0) is 38.3 Å². The van der Waals surface area contributed by atoms with Crippen LogP contribution in [0.25, 0.3) is 0 Å². The zero-order valence-corrected chi connectivity index (χ0v) is 16.7. The van der Waals surface area contributed by atoms with Gasteiger partial charge in [0.15, 0.2) is 0 Å². The molecular weight excluding hydrogens is 338 g/mol. The lowest BCUT2D eigenvalue weighted by Gasteiger charge is -2.28. The average Bonchev–Trinajstić information content (AvgIpc) is 2.86. The van der Waals surface area contributed by atoms with Gasteiger partial charge in [-0.15, -0.1) is 0 Å². The van der Waals surface area contributed by atoms with Gasteiger partial charge in [0.05, 0.1) is 6.54 Å². The van der Waals surface area contributed by atoms with Crippen LogP contribution in [0.3, 0.4) is 0 Å². The molecule has 2 amide bonds. The van der Waals surface area contributed by atoms with Crippen molar-refractivity contribution in [2.24, 2.45) is 0 Å². The SMILES string of the molecule is Cc1cccc(C(=O)N2CCCN(CC(=O)N3CCCCCCC3)CC2)c1. The minimum Gasteiger partial charge on any atom is -0.342 e. The highest BCUT2D eigenvalue weighted by Crippen LogP contribution is 2.13. The van der Waals surface area contributed by atoms with Crippen LogP contribution in [-0.4, -0.2) is 72.3 Å². The molecule has 0 aliphatic carbocycles. The molecule has 5 nitrogen and oxygen atoms in total. The third-order valence-corrected chi connectivity index (χ3v) is 5.71. The summed E-state index contributed by atoms with van der Waals surface area (Å²) in [5.41, 5.74) is 1.87. The van der Waals surface area contributed by atoms with Crippen LogP contribution >= 0.6 is 0 Å². The number of carbonyl (C=O) groups is 2. The van der Waals surface area contributed by atoms with Gasteiger partial charge in [-0.3, -0.25) is 14.5 Å². The summed E-state index contributed by atoms with van der Waals surface area (Å²) >= 11 is 0. The smallest absolute Gasteiger partial charge is 0.253 e. The van der Waals surface area contributed by atoms with Crippen LogP contribution in [0.4, 0.5) is 0 Å². The molecule has 0 atom stereocenters. The number of rotatable bonds is 3. The van der Waals surface area contributed by atoms with Gasteiger partial charge in [-0.1, -0.05) is 37.0 Å². The highest BCUT2D eigenvalue weighted by atomic mass is 16.2. The molecule has 3 rings (SSSR count). The lowest BCUT2D eigenvalue weighted by Crippen LogP contribution is -2.43. The molecule has 0 bridgehead atoms. The molecular formula is C22H33N3O2. The zero-order chi connectivity index (χ0) is 19.1. The molecule has 27 heavy (non-hydrogen) atoms. The van der Waals surface area contributed by atoms with E-state index in [1.165, 1.54) is 19.3 Å². The first-order chi connectivity index (χ1) is 13.1. The molecule has 0 N–H and O–H groups in total. The summed E-state index contributed by atoms with van der Waals surface area (Å²) in [6.07, 6.45) is 6.96. The summed E-state index contributed by atoms with van der Waals surface area (Å²) < 4.78 is 0. The molecule has 0 spiro atoms. The van der Waals surface area contributed by atoms with E-state index < -0.39 is 0 Å². The van der Waals surface area contributed by atoms with Gasteiger partial charge in [-0.2, -0.15) is 0 Å². The lowest BCUT2D eigenvalue weighted by atomic mass is 10.1. The Hall–Kier alpha value is -1.88. The second-order valence-corrected chi connectivity index (χ2v) is 7.94. The second-order valence-electron chi connectivity index (χ2n) is 7.94. The predicted octanol–water partition coefficient (Wildman–Crippen LogP) is 2.94.